The fraction of sp³-hybridized carbons (Fsp3) is 0.200. The van der Waals surface area contributed by atoms with Gasteiger partial charge in [0.2, 0.25) is 0 Å². The van der Waals surface area contributed by atoms with Gasteiger partial charge in [-0.15, -0.1) is 0 Å². The van der Waals surface area contributed by atoms with Crippen molar-refractivity contribution in [3.63, 3.8) is 0 Å². The van der Waals surface area contributed by atoms with Crippen LogP contribution < -0.4 is 0 Å². The number of hydrogen-bond donors (Lipinski definition) is 2. The summed E-state index contributed by atoms with van der Waals surface area (Å²) in [4.78, 5) is 22.2. The lowest BCUT2D eigenvalue weighted by Gasteiger charge is -1.95. The number of para-hydroxylation sites is 1. The highest BCUT2D eigenvalue weighted by atomic mass is 79.9. The number of carbonyl (C=O) groups excluding carboxylic acids is 2. The molecule has 1 aromatic heterocycles. The first-order valence-electron chi connectivity index (χ1n) is 11.2. The zero-order valence-corrected chi connectivity index (χ0v) is 15.5. The van der Waals surface area contributed by atoms with E-state index in [4.69, 9.17) is 25.6 Å². The van der Waals surface area contributed by atoms with Gasteiger partial charge in [-0.1, -0.05) is 46.2 Å². The monoisotopic (exact) mass is 428 g/mol. The molecule has 0 spiro atoms. The van der Waals surface area contributed by atoms with E-state index in [0.717, 1.165) is 0 Å². The van der Waals surface area contributed by atoms with Gasteiger partial charge in [-0.2, -0.15) is 0 Å². The van der Waals surface area contributed by atoms with E-state index in [0.29, 0.717) is 11.6 Å². The van der Waals surface area contributed by atoms with Crippen LogP contribution in [0.2, 0.25) is 0 Å². The summed E-state index contributed by atoms with van der Waals surface area (Å²) in [7, 11) is 0. The molecule has 0 saturated heterocycles. The van der Waals surface area contributed by atoms with Crippen molar-refractivity contribution in [2.24, 2.45) is 0 Å². The molecule has 0 fully saturated rings. The van der Waals surface area contributed by atoms with E-state index in [2.05, 4.69) is 15.9 Å². The minimum Gasteiger partial charge on any atom is -0.515 e. The molecule has 6 heteroatoms. The van der Waals surface area contributed by atoms with Gasteiger partial charge in [-0.05, 0) is 31.1 Å². The van der Waals surface area contributed by atoms with E-state index in [1.807, 2.05) is 0 Å². The first-order valence-corrected chi connectivity index (χ1v) is 8.32. The van der Waals surface area contributed by atoms with E-state index >= 15 is 0 Å². The van der Waals surface area contributed by atoms with Gasteiger partial charge in [-0.25, -0.2) is 0 Å². The zero-order chi connectivity index (χ0) is 26.5. The van der Waals surface area contributed by atoms with E-state index in [9.17, 15) is 9.59 Å². The Morgan fingerprint density at radius 1 is 1.35 bits per heavy atom. The lowest BCUT2D eigenvalue weighted by molar-refractivity contribution is -0.111. The van der Waals surface area contributed by atoms with Crippen LogP contribution in [0.15, 0.2) is 70.7 Å². The van der Waals surface area contributed by atoms with Gasteiger partial charge in [0.25, 0.3) is 0 Å². The lowest BCUT2D eigenvalue weighted by Crippen LogP contribution is -1.97. The van der Waals surface area contributed by atoms with Crippen LogP contribution in [0.5, 0.6) is 0 Å². The smallest absolute Gasteiger partial charge is 0.194 e. The highest BCUT2D eigenvalue weighted by Crippen LogP contribution is 2.18. The fourth-order valence-electron chi connectivity index (χ4n) is 1.34. The Morgan fingerprint density at radius 2 is 1.96 bits per heavy atom. The highest BCUT2D eigenvalue weighted by molar-refractivity contribution is 9.09. The molecule has 1 unspecified atom stereocenters. The summed E-state index contributed by atoms with van der Waals surface area (Å²) >= 11 is 3.06. The van der Waals surface area contributed by atoms with Crippen LogP contribution in [0, 0.1) is 0 Å². The molecule has 3 rings (SSSR count). The first-order chi connectivity index (χ1) is 15.7. The summed E-state index contributed by atoms with van der Waals surface area (Å²) in [5, 5.41) is 17.8. The third-order valence-corrected chi connectivity index (χ3v) is 3.48. The molecule has 138 valence electrons. The van der Waals surface area contributed by atoms with Crippen LogP contribution in [-0.4, -0.2) is 33.2 Å². The summed E-state index contributed by atoms with van der Waals surface area (Å²) in [6.07, 6.45) is 0.190. The van der Waals surface area contributed by atoms with Crippen molar-refractivity contribution in [1.82, 2.24) is 0 Å². The number of alkyl halides is 1. The molecule has 5 nitrogen and oxygen atoms in total. The molecular weight excluding hydrogens is 400 g/mol. The third-order valence-electron chi connectivity index (χ3n) is 2.55. The molecule has 1 aromatic carbocycles. The average Bonchev–Trinajstić information content (AvgIpc) is 3.26. The molecule has 0 amide bonds. The normalized spacial score (nSPS) is 20.9. The average molecular weight is 429 g/mol. The number of aliphatic hydroxyl groups is 2. The van der Waals surface area contributed by atoms with Gasteiger partial charge in [0.1, 0.15) is 5.58 Å². The van der Waals surface area contributed by atoms with E-state index in [1.54, 1.807) is 6.92 Å². The molecule has 0 radical (unpaired) electrons. The minimum atomic E-state index is -0.895. The molecule has 2 aromatic rings. The maximum absolute atomic E-state index is 11.1. The van der Waals surface area contributed by atoms with Crippen molar-refractivity contribution in [3.8, 4) is 0 Å². The Balaban J connectivity index is 0.000000289. The quantitative estimate of drug-likeness (QED) is 0.317. The Kier molecular flexibility index (Phi) is 5.20. The first kappa shape index (κ1) is 12.0. The predicted octanol–water partition coefficient (Wildman–Crippen LogP) is 4.52. The second kappa shape index (κ2) is 11.2. The number of allylic oxidation sites excluding steroid dienone is 5. The van der Waals surface area contributed by atoms with Crippen LogP contribution in [-0.2, 0) is 4.79 Å². The summed E-state index contributed by atoms with van der Waals surface area (Å²) in [5.74, 6) is -1.16. The number of furan rings is 1. The molecule has 1 aliphatic carbocycles. The Labute approximate surface area is 171 Å². The number of hydrogen-bond acceptors (Lipinski definition) is 5. The van der Waals surface area contributed by atoms with E-state index in [-0.39, 0.29) is 52.8 Å². The molecule has 1 heterocycles. The number of fused-ring (bicyclic) bond motifs is 1. The van der Waals surface area contributed by atoms with Crippen LogP contribution in [0.25, 0.3) is 11.0 Å². The molecule has 1 atom stereocenters. The van der Waals surface area contributed by atoms with Gasteiger partial charge in [0, 0.05) is 17.6 Å². The van der Waals surface area contributed by atoms with Gasteiger partial charge < -0.3 is 14.6 Å². The van der Waals surface area contributed by atoms with Crippen LogP contribution in [0.3, 0.4) is 0 Å². The number of Topliss-reactive ketones (excluding diaryl/α,β-unsaturated/α-hetero) is 1. The van der Waals surface area contributed by atoms with E-state index in [1.165, 1.54) is 13.0 Å². The number of halogens is 1. The molecular formula is C20H21BrO5. The van der Waals surface area contributed by atoms with E-state index < -0.39 is 35.6 Å². The predicted molar refractivity (Wildman–Crippen MR) is 106 cm³/mol. The zero-order valence-electron chi connectivity index (χ0n) is 21.9. The maximum Gasteiger partial charge on any atom is 0.194 e. The number of carbonyl (C=O) groups is 2. The fourth-order valence-corrected chi connectivity index (χ4v) is 1.34. The standard InChI is InChI=1S/C10H8O2.C7H6O2.C3H7BrO/c1-7(11)10-6-8-4-2-3-5-9(8)12-10;8-5-6-3-1-2-4-7(6)9;1-3(5)2-4/h2-6H,1H3;1-5,8H;3,5H,2H2,1H3/i2D,3D,4D,5D;1D,2D,3D,4D;. The SMILES string of the molecule is CC(O)CBr.[2H]C1=C([2H])C([2H])=C([2H])C(=CO)C1=O.[2H]c1c([2H])c([2H])c2oc(C(C)=O)cc2c1[2H]. The van der Waals surface area contributed by atoms with Gasteiger partial charge in [-0.3, -0.25) is 9.59 Å². The van der Waals surface area contributed by atoms with Crippen molar-refractivity contribution in [2.45, 2.75) is 20.0 Å². The van der Waals surface area contributed by atoms with Crippen LogP contribution in [0.4, 0.5) is 0 Å². The summed E-state index contributed by atoms with van der Waals surface area (Å²) in [5.41, 5.74) is -0.387. The summed E-state index contributed by atoms with van der Waals surface area (Å²) in [6.45, 7) is 3.04. The van der Waals surface area contributed by atoms with Gasteiger partial charge in [0.05, 0.1) is 28.9 Å². The number of rotatable bonds is 2. The van der Waals surface area contributed by atoms with Gasteiger partial charge >= 0.3 is 0 Å². The van der Waals surface area contributed by atoms with Gasteiger partial charge in [0.15, 0.2) is 17.3 Å². The van der Waals surface area contributed by atoms with Crippen LogP contribution in [0.1, 0.15) is 35.4 Å². The molecule has 1 aliphatic rings. The molecule has 2 N–H and O–H groups in total. The lowest BCUT2D eigenvalue weighted by atomic mass is 10.1. The molecule has 26 heavy (non-hydrogen) atoms. The Hall–Kier alpha value is -2.44. The van der Waals surface area contributed by atoms with Crippen molar-refractivity contribution >= 4 is 38.5 Å². The second-order valence-corrected chi connectivity index (χ2v) is 5.43. The van der Waals surface area contributed by atoms with Crippen molar-refractivity contribution < 1.29 is 35.2 Å². The third kappa shape index (κ3) is 7.21. The Morgan fingerprint density at radius 3 is 2.54 bits per heavy atom. The number of aliphatic hydroxyl groups excluding tert-OH is 2. The second-order valence-electron chi connectivity index (χ2n) is 4.78. The highest BCUT2D eigenvalue weighted by Gasteiger charge is 2.05. The van der Waals surface area contributed by atoms with Crippen molar-refractivity contribution in [3.05, 3.63) is 72.0 Å². The molecule has 0 saturated carbocycles. The number of ketones is 2. The maximum atomic E-state index is 11.1. The molecule has 0 bridgehead atoms. The van der Waals surface area contributed by atoms with Crippen LogP contribution >= 0.6 is 15.9 Å². The molecule has 0 aliphatic heterocycles. The summed E-state index contributed by atoms with van der Waals surface area (Å²) in [6, 6.07) is -2.08. The van der Waals surface area contributed by atoms with Crippen molar-refractivity contribution in [1.29, 1.82) is 0 Å². The Bertz CT molecular complexity index is 1160. The minimum absolute atomic E-state index is 0.0243. The number of benzene rings is 1. The largest absolute Gasteiger partial charge is 0.515 e. The summed E-state index contributed by atoms with van der Waals surface area (Å²) < 4.78 is 63.8. The topological polar surface area (TPSA) is 87.7 Å². The van der Waals surface area contributed by atoms with Crippen molar-refractivity contribution in [2.75, 3.05) is 5.33 Å².